The number of hydrogen-bond acceptors (Lipinski definition) is 25. The first-order valence-corrected chi connectivity index (χ1v) is 36.0. The summed E-state index contributed by atoms with van der Waals surface area (Å²) < 4.78 is 21.7. The van der Waals surface area contributed by atoms with Gasteiger partial charge in [0.2, 0.25) is 0 Å². The molecular weight excluding hydrogens is 1390 g/mol. The molecule has 0 radical (unpaired) electrons. The molecule has 33 nitrogen and oxygen atoms in total. The molecular formula is C76H73N25O8. The minimum atomic E-state index is -0.0879. The third kappa shape index (κ3) is 14.1. The van der Waals surface area contributed by atoms with Crippen LogP contribution in [0.1, 0.15) is 87.9 Å². The second kappa shape index (κ2) is 29.7. The van der Waals surface area contributed by atoms with Crippen molar-refractivity contribution in [2.45, 2.75) is 46.0 Å². The van der Waals surface area contributed by atoms with E-state index in [4.69, 9.17) is 18.1 Å². The summed E-state index contributed by atoms with van der Waals surface area (Å²) >= 11 is 0. The predicted octanol–water partition coefficient (Wildman–Crippen LogP) is 12.3. The first kappa shape index (κ1) is 68.4. The molecule has 0 saturated carbocycles. The standard InChI is InChI=1S/C19H19N7O2.3C19H18N6O2/c1-25-7-9-26(10-8-25)19(27)16-13-5-4-12(11-15(13)28-24-16)21-18-17-14(22-23-18)3-2-6-20-17;2*1-11-6-8-25(10-11)19(26)16-13-5-4-12(9-15(13)27-24-16)21-18-17-14(22-23-18)3-2-7-20-17;26-19(25-9-2-1-3-10-25)16-13-7-6-12(11-15(13)27-24-16)21-18-17-14(22-23-18)5-4-8-20-17/h2-6,11H,7-10H2,1H3,(H2,21,22,23);2*2-5,7,9,11H,6,8,10H2,1H3,(H2,21,22,23);4-8,11H,1-3,9-10H2,(H2,21,22,23)/t;2*11-;/m.10./s1. The van der Waals surface area contributed by atoms with Crippen LogP contribution < -0.4 is 21.3 Å². The van der Waals surface area contributed by atoms with E-state index in [1.165, 1.54) is 6.42 Å². The normalized spacial score (nSPS) is 16.1. The lowest BCUT2D eigenvalue weighted by Crippen LogP contribution is -2.47. The lowest BCUT2D eigenvalue weighted by atomic mass is 10.1. The predicted molar refractivity (Wildman–Crippen MR) is 407 cm³/mol. The summed E-state index contributed by atoms with van der Waals surface area (Å²) in [6.07, 6.45) is 12.2. The van der Waals surface area contributed by atoms with Crippen molar-refractivity contribution in [3.8, 4) is 0 Å². The van der Waals surface area contributed by atoms with Gasteiger partial charge in [-0.25, -0.2) is 0 Å². The molecule has 4 amide bonds. The fourth-order valence-electron chi connectivity index (χ4n) is 13.9. The monoisotopic (exact) mass is 1460 g/mol. The summed E-state index contributed by atoms with van der Waals surface area (Å²) in [5.74, 6) is 3.30. The Morgan fingerprint density at radius 1 is 0.367 bits per heavy atom. The van der Waals surface area contributed by atoms with Gasteiger partial charge in [-0.2, -0.15) is 20.4 Å². The van der Waals surface area contributed by atoms with Crippen molar-refractivity contribution in [3.05, 3.63) is 169 Å². The molecule has 109 heavy (non-hydrogen) atoms. The van der Waals surface area contributed by atoms with E-state index < -0.39 is 0 Å². The summed E-state index contributed by atoms with van der Waals surface area (Å²) in [6.45, 7) is 12.1. The molecule has 4 aliphatic heterocycles. The van der Waals surface area contributed by atoms with Crippen LogP contribution in [0, 0.1) is 11.8 Å². The molecule has 12 aromatic heterocycles. The molecule has 4 aromatic carbocycles. The maximum Gasteiger partial charge on any atom is 0.276 e. The third-order valence-corrected chi connectivity index (χ3v) is 19.9. The number of amides is 4. The van der Waals surface area contributed by atoms with Gasteiger partial charge in [-0.15, -0.1) is 0 Å². The van der Waals surface area contributed by atoms with Crippen LogP contribution >= 0.6 is 0 Å². The molecule has 8 N–H and O–H groups in total. The summed E-state index contributed by atoms with van der Waals surface area (Å²) in [4.78, 5) is 77.9. The zero-order chi connectivity index (χ0) is 74.1. The minimum Gasteiger partial charge on any atom is -0.355 e. The molecule has 0 bridgehead atoms. The fourth-order valence-corrected chi connectivity index (χ4v) is 13.9. The van der Waals surface area contributed by atoms with E-state index >= 15 is 0 Å². The number of carbonyl (C=O) groups excluding carboxylic acids is 4. The highest BCUT2D eigenvalue weighted by atomic mass is 16.5. The van der Waals surface area contributed by atoms with Gasteiger partial charge in [0.05, 0.1) is 43.6 Å². The fraction of sp³-hybridized carbons (Fsp3) is 0.263. The van der Waals surface area contributed by atoms with Crippen LogP contribution in [0.25, 0.3) is 88.0 Å². The average molecular weight is 1460 g/mol. The van der Waals surface area contributed by atoms with Crippen molar-refractivity contribution >= 4 is 158 Å². The van der Waals surface area contributed by atoms with Crippen LogP contribution in [0.2, 0.25) is 0 Å². The maximum atomic E-state index is 12.8. The van der Waals surface area contributed by atoms with Crippen LogP contribution in [0.5, 0.6) is 0 Å². The second-order valence-electron chi connectivity index (χ2n) is 27.6. The summed E-state index contributed by atoms with van der Waals surface area (Å²) in [7, 11) is 2.06. The van der Waals surface area contributed by atoms with Gasteiger partial charge >= 0.3 is 0 Å². The number of piperidine rings is 1. The Morgan fingerprint density at radius 2 is 0.661 bits per heavy atom. The number of aromatic amines is 4. The lowest BCUT2D eigenvalue weighted by Gasteiger charge is -2.31. The van der Waals surface area contributed by atoms with Crippen LogP contribution in [-0.4, -0.2) is 202 Å². The number of likely N-dealkylation sites (N-methyl/N-ethyl adjacent to an activating group) is 1. The molecule has 4 aliphatic rings. The first-order chi connectivity index (χ1) is 53.4. The number of benzene rings is 4. The number of carbonyl (C=O) groups is 4. The molecule has 16 aromatic rings. The average Bonchev–Trinajstić information content (AvgIpc) is 1.67. The quantitative estimate of drug-likeness (QED) is 0.0563. The zero-order valence-corrected chi connectivity index (χ0v) is 59.5. The van der Waals surface area contributed by atoms with Gasteiger partial charge in [-0.3, -0.25) is 59.5 Å². The Hall–Kier alpha value is -13.7. The van der Waals surface area contributed by atoms with E-state index in [0.29, 0.717) is 98.7 Å². The van der Waals surface area contributed by atoms with Crippen molar-refractivity contribution in [2.24, 2.45) is 11.8 Å². The highest BCUT2D eigenvalue weighted by Gasteiger charge is 2.31. The number of piperazine rings is 1. The molecule has 0 spiro atoms. The number of nitrogens with zero attached hydrogens (tertiary/aromatic N) is 17. The number of likely N-dealkylation sites (tertiary alicyclic amines) is 3. The molecule has 0 aliphatic carbocycles. The SMILES string of the molecule is CN1CCN(C(=O)c2noc3cc(Nc4n[nH]c5cccnc45)ccc23)CC1.C[C@@H]1CCN(C(=O)c2noc3cc(Nc4n[nH]c5cccnc45)ccc23)C1.C[C@H]1CCN(C(=O)c2noc3cc(Nc4n[nH]c5cccnc45)ccc23)C1.O=C(c1noc2cc(Nc3n[nH]c4cccnc34)ccc12)N1CCCCC1. The third-order valence-electron chi connectivity index (χ3n) is 19.9. The van der Waals surface area contributed by atoms with Crippen LogP contribution in [0.15, 0.2) is 164 Å². The van der Waals surface area contributed by atoms with Gasteiger partial charge in [-0.05, 0) is 148 Å². The zero-order valence-electron chi connectivity index (χ0n) is 59.5. The van der Waals surface area contributed by atoms with Crippen molar-refractivity contribution < 1.29 is 37.3 Å². The maximum absolute atomic E-state index is 12.8. The topological polar surface area (TPSA) is 403 Å². The first-order valence-electron chi connectivity index (χ1n) is 36.0. The molecule has 550 valence electrons. The smallest absolute Gasteiger partial charge is 0.276 e. The summed E-state index contributed by atoms with van der Waals surface area (Å²) in [5, 5.41) is 60.7. The van der Waals surface area contributed by atoms with Crippen LogP contribution in [0.3, 0.4) is 0 Å². The lowest BCUT2D eigenvalue weighted by molar-refractivity contribution is 0.0654. The van der Waals surface area contributed by atoms with Gasteiger partial charge in [0, 0.05) is 137 Å². The Labute approximate surface area is 618 Å². The van der Waals surface area contributed by atoms with Gasteiger partial charge in [-0.1, -0.05) is 34.5 Å². The van der Waals surface area contributed by atoms with Gasteiger partial charge in [0.1, 0.15) is 22.1 Å². The Bertz CT molecular complexity index is 5620. The molecule has 33 heteroatoms. The van der Waals surface area contributed by atoms with Gasteiger partial charge in [0.15, 0.2) is 68.4 Å². The molecule has 0 unspecified atom stereocenters. The second-order valence-corrected chi connectivity index (χ2v) is 27.6. The number of aromatic nitrogens is 16. The Morgan fingerprint density at radius 3 is 0.954 bits per heavy atom. The highest BCUT2D eigenvalue weighted by molar-refractivity contribution is 6.08. The molecule has 20 rings (SSSR count). The van der Waals surface area contributed by atoms with E-state index in [-0.39, 0.29) is 23.6 Å². The van der Waals surface area contributed by atoms with Crippen LogP contribution in [-0.2, 0) is 0 Å². The van der Waals surface area contributed by atoms with Gasteiger partial charge in [0.25, 0.3) is 23.6 Å². The van der Waals surface area contributed by atoms with Crippen molar-refractivity contribution in [3.63, 3.8) is 0 Å². The highest BCUT2D eigenvalue weighted by Crippen LogP contribution is 2.34. The number of fused-ring (bicyclic) bond motifs is 8. The van der Waals surface area contributed by atoms with E-state index in [2.05, 4.69) is 128 Å². The molecule has 2 atom stereocenters. The van der Waals surface area contributed by atoms with E-state index in [1.807, 2.05) is 141 Å². The summed E-state index contributed by atoms with van der Waals surface area (Å²) in [6, 6.07) is 37.3. The summed E-state index contributed by atoms with van der Waals surface area (Å²) in [5.41, 5.74) is 13.3. The molecule has 4 saturated heterocycles. The largest absolute Gasteiger partial charge is 0.355 e. The van der Waals surface area contributed by atoms with Crippen LogP contribution in [0.4, 0.5) is 46.0 Å². The number of pyridine rings is 4. The van der Waals surface area contributed by atoms with Crippen molar-refractivity contribution in [1.82, 2.24) is 106 Å². The van der Waals surface area contributed by atoms with E-state index in [1.54, 1.807) is 24.8 Å². The Balaban J connectivity index is 0.000000106. The minimum absolute atomic E-state index is 0.0587. The molecule has 16 heterocycles. The van der Waals surface area contributed by atoms with Crippen molar-refractivity contribution in [1.29, 1.82) is 0 Å². The van der Waals surface area contributed by atoms with E-state index in [0.717, 1.165) is 161 Å². The Kier molecular flexibility index (Phi) is 18.6. The number of nitrogens with one attached hydrogen (secondary N) is 8. The molecule has 4 fully saturated rings. The number of rotatable bonds is 12. The van der Waals surface area contributed by atoms with E-state index in [9.17, 15) is 19.2 Å². The number of anilines is 8. The number of hydrogen-bond donors (Lipinski definition) is 8. The number of H-pyrrole nitrogens is 4. The van der Waals surface area contributed by atoms with Gasteiger partial charge < -0.3 is 63.9 Å². The van der Waals surface area contributed by atoms with Crippen molar-refractivity contribution in [2.75, 3.05) is 93.8 Å².